The molecule has 8 heteroatoms. The van der Waals surface area contributed by atoms with Gasteiger partial charge < -0.3 is 15.5 Å². The third kappa shape index (κ3) is 4.07. The number of carbonyl (C=O) groups is 1. The number of carbonyl (C=O) groups excluding carboxylic acids is 1. The fraction of sp³-hybridized carbons (Fsp3) is 0.286. The van der Waals surface area contributed by atoms with Crippen LogP contribution in [0.15, 0.2) is 59.8 Å². The van der Waals surface area contributed by atoms with Crippen molar-refractivity contribution in [2.45, 2.75) is 23.2 Å². The first-order chi connectivity index (χ1) is 14.2. The van der Waals surface area contributed by atoms with Gasteiger partial charge in [-0.2, -0.15) is 0 Å². The Bertz CT molecular complexity index is 968. The van der Waals surface area contributed by atoms with E-state index in [9.17, 15) is 4.79 Å². The second-order valence-electron chi connectivity index (χ2n) is 6.85. The van der Waals surface area contributed by atoms with Crippen molar-refractivity contribution in [2.75, 3.05) is 26.0 Å². The number of benzene rings is 2. The molecular weight excluding hydrogens is 386 g/mol. The van der Waals surface area contributed by atoms with Crippen molar-refractivity contribution in [1.29, 1.82) is 0 Å². The number of nitrogens with zero attached hydrogens (tertiary/aromatic N) is 4. The van der Waals surface area contributed by atoms with Crippen molar-refractivity contribution in [1.82, 2.24) is 19.8 Å². The summed E-state index contributed by atoms with van der Waals surface area (Å²) in [6.45, 7) is 1.60. The Kier molecular flexibility index (Phi) is 5.71. The molecule has 1 atom stereocenters. The van der Waals surface area contributed by atoms with Crippen LogP contribution in [0, 0.1) is 0 Å². The van der Waals surface area contributed by atoms with Crippen molar-refractivity contribution >= 4 is 17.7 Å². The summed E-state index contributed by atoms with van der Waals surface area (Å²) in [5, 5.41) is 8.59. The van der Waals surface area contributed by atoms with Gasteiger partial charge in [-0.05, 0) is 42.7 Å². The van der Waals surface area contributed by atoms with Gasteiger partial charge in [0.05, 0.1) is 7.11 Å². The summed E-state index contributed by atoms with van der Waals surface area (Å²) in [5.41, 5.74) is 1.76. The monoisotopic (exact) mass is 409 g/mol. The maximum atomic E-state index is 13.2. The molecule has 1 amide bonds. The van der Waals surface area contributed by atoms with Crippen LogP contribution in [0.3, 0.4) is 0 Å². The zero-order chi connectivity index (χ0) is 20.2. The van der Waals surface area contributed by atoms with Crippen molar-refractivity contribution < 1.29 is 9.53 Å². The largest absolute Gasteiger partial charge is 0.497 e. The molecule has 150 valence electrons. The zero-order valence-corrected chi connectivity index (χ0v) is 17.0. The Balaban J connectivity index is 1.62. The first-order valence-electron chi connectivity index (χ1n) is 9.52. The number of amides is 1. The van der Waals surface area contributed by atoms with Crippen molar-refractivity contribution in [3.63, 3.8) is 0 Å². The van der Waals surface area contributed by atoms with E-state index in [1.54, 1.807) is 7.11 Å². The van der Waals surface area contributed by atoms with E-state index in [1.165, 1.54) is 16.4 Å². The van der Waals surface area contributed by atoms with Gasteiger partial charge in [-0.25, -0.2) is 4.68 Å². The molecule has 1 aliphatic heterocycles. The number of nitrogens with two attached hydrogens (primary N) is 1. The van der Waals surface area contributed by atoms with E-state index in [2.05, 4.69) is 10.2 Å². The molecule has 1 aliphatic rings. The average molecular weight is 410 g/mol. The van der Waals surface area contributed by atoms with E-state index in [1.807, 2.05) is 59.5 Å². The summed E-state index contributed by atoms with van der Waals surface area (Å²) < 4.78 is 6.64. The number of hydrogen-bond donors (Lipinski definition) is 1. The number of rotatable bonds is 6. The normalized spacial score (nSPS) is 14.7. The van der Waals surface area contributed by atoms with Crippen LogP contribution in [0.5, 0.6) is 5.75 Å². The molecule has 2 heterocycles. The Hall–Kier alpha value is -3.00. The smallest absolute Gasteiger partial charge is 0.240 e. The van der Waals surface area contributed by atoms with Gasteiger partial charge in [0.2, 0.25) is 11.1 Å². The molecule has 1 saturated heterocycles. The van der Waals surface area contributed by atoms with E-state index in [0.717, 1.165) is 42.8 Å². The molecule has 3 aromatic rings. The van der Waals surface area contributed by atoms with Gasteiger partial charge in [0.15, 0.2) is 5.82 Å². The average Bonchev–Trinajstić information content (AvgIpc) is 3.43. The number of likely N-dealkylation sites (tertiary alicyclic amines) is 1. The van der Waals surface area contributed by atoms with Crippen LogP contribution in [0.25, 0.3) is 11.4 Å². The number of hydrogen-bond acceptors (Lipinski definition) is 6. The summed E-state index contributed by atoms with van der Waals surface area (Å²) in [6, 6.07) is 17.2. The number of methoxy groups -OCH3 is 1. The highest BCUT2D eigenvalue weighted by Gasteiger charge is 2.30. The van der Waals surface area contributed by atoms with E-state index in [-0.39, 0.29) is 5.91 Å². The number of ether oxygens (including phenoxy) is 1. The lowest BCUT2D eigenvalue weighted by Gasteiger charge is -2.22. The molecule has 7 nitrogen and oxygen atoms in total. The number of nitrogen functional groups attached to an aromatic ring is 1. The second-order valence-corrected chi connectivity index (χ2v) is 7.92. The Morgan fingerprint density at radius 1 is 1.07 bits per heavy atom. The van der Waals surface area contributed by atoms with E-state index >= 15 is 0 Å². The standard InChI is InChI=1S/C21H23N5O2S/c1-28-17-11-9-16(10-12-17)19-23-24-21(26(19)22)29-18(15-7-3-2-4-8-15)20(27)25-13-5-6-14-25/h2-4,7-12,18H,5-6,13-14,22H2,1H3/t18-/m1/s1. The number of thioether (sulfide) groups is 1. The van der Waals surface area contributed by atoms with Gasteiger partial charge in [0.1, 0.15) is 11.0 Å². The molecule has 0 bridgehead atoms. The highest BCUT2D eigenvalue weighted by atomic mass is 32.2. The second kappa shape index (κ2) is 8.57. The quantitative estimate of drug-likeness (QED) is 0.497. The SMILES string of the molecule is COc1ccc(-c2nnc(S[C@@H](C(=O)N3CCCC3)c3ccccc3)n2N)cc1. The van der Waals surface area contributed by atoms with Crippen molar-refractivity contribution in [2.24, 2.45) is 0 Å². The van der Waals surface area contributed by atoms with Gasteiger partial charge in [-0.15, -0.1) is 10.2 Å². The third-order valence-corrected chi connectivity index (χ3v) is 6.18. The van der Waals surface area contributed by atoms with Gasteiger partial charge in [-0.1, -0.05) is 42.1 Å². The van der Waals surface area contributed by atoms with Crippen molar-refractivity contribution in [3.8, 4) is 17.1 Å². The summed E-state index contributed by atoms with van der Waals surface area (Å²) in [4.78, 5) is 15.1. The Morgan fingerprint density at radius 2 is 1.76 bits per heavy atom. The molecule has 0 spiro atoms. The molecule has 1 aromatic heterocycles. The number of aromatic nitrogens is 3. The highest BCUT2D eigenvalue weighted by molar-refractivity contribution is 8.00. The maximum absolute atomic E-state index is 13.2. The van der Waals surface area contributed by atoms with Crippen LogP contribution in [-0.2, 0) is 4.79 Å². The summed E-state index contributed by atoms with van der Waals surface area (Å²) in [6.07, 6.45) is 2.10. The predicted octanol–water partition coefficient (Wildman–Crippen LogP) is 3.12. The van der Waals surface area contributed by atoms with Crippen molar-refractivity contribution in [3.05, 3.63) is 60.2 Å². The first-order valence-corrected chi connectivity index (χ1v) is 10.4. The topological polar surface area (TPSA) is 86.3 Å². The van der Waals surface area contributed by atoms with Crippen LogP contribution < -0.4 is 10.6 Å². The minimum absolute atomic E-state index is 0.0905. The molecule has 4 rings (SSSR count). The third-order valence-electron chi connectivity index (χ3n) is 4.98. The Morgan fingerprint density at radius 3 is 2.41 bits per heavy atom. The molecule has 0 radical (unpaired) electrons. The zero-order valence-electron chi connectivity index (χ0n) is 16.2. The summed E-state index contributed by atoms with van der Waals surface area (Å²) in [7, 11) is 1.62. The predicted molar refractivity (Wildman–Crippen MR) is 113 cm³/mol. The molecule has 0 unspecified atom stereocenters. The van der Waals surface area contributed by atoms with Crippen LogP contribution in [0.1, 0.15) is 23.7 Å². The van der Waals surface area contributed by atoms with Crippen LogP contribution >= 0.6 is 11.8 Å². The molecule has 0 aliphatic carbocycles. The Labute approximate surface area is 173 Å². The maximum Gasteiger partial charge on any atom is 0.240 e. The van der Waals surface area contributed by atoms with E-state index < -0.39 is 5.25 Å². The minimum atomic E-state index is -0.412. The lowest BCUT2D eigenvalue weighted by atomic mass is 10.1. The van der Waals surface area contributed by atoms with Gasteiger partial charge >= 0.3 is 0 Å². The lowest BCUT2D eigenvalue weighted by Crippen LogP contribution is -2.31. The van der Waals surface area contributed by atoms with Crippen LogP contribution in [-0.4, -0.2) is 45.9 Å². The molecular formula is C21H23N5O2S. The fourth-order valence-corrected chi connectivity index (χ4v) is 4.43. The van der Waals surface area contributed by atoms with Crippen LogP contribution in [0.2, 0.25) is 0 Å². The molecule has 0 saturated carbocycles. The molecule has 2 aromatic carbocycles. The molecule has 1 fully saturated rings. The minimum Gasteiger partial charge on any atom is -0.497 e. The van der Waals surface area contributed by atoms with Gasteiger partial charge in [0, 0.05) is 18.7 Å². The molecule has 29 heavy (non-hydrogen) atoms. The van der Waals surface area contributed by atoms with Gasteiger partial charge in [0.25, 0.3) is 0 Å². The highest BCUT2D eigenvalue weighted by Crippen LogP contribution is 2.37. The summed E-state index contributed by atoms with van der Waals surface area (Å²) >= 11 is 1.33. The van der Waals surface area contributed by atoms with E-state index in [4.69, 9.17) is 10.6 Å². The summed E-state index contributed by atoms with van der Waals surface area (Å²) in [5.74, 6) is 7.68. The first kappa shape index (κ1) is 19.3. The fourth-order valence-electron chi connectivity index (χ4n) is 3.39. The van der Waals surface area contributed by atoms with E-state index in [0.29, 0.717) is 11.0 Å². The lowest BCUT2D eigenvalue weighted by molar-refractivity contribution is -0.129. The van der Waals surface area contributed by atoms with Crippen LogP contribution in [0.4, 0.5) is 0 Å². The molecule has 2 N–H and O–H groups in total. The van der Waals surface area contributed by atoms with Gasteiger partial charge in [-0.3, -0.25) is 4.79 Å².